The Morgan fingerprint density at radius 2 is 1.94 bits per heavy atom. The summed E-state index contributed by atoms with van der Waals surface area (Å²) in [7, 11) is 0. The van der Waals surface area contributed by atoms with Crippen LogP contribution in [0.4, 0.5) is 0 Å². The largest absolute Gasteiger partial charge is 0.297 e. The van der Waals surface area contributed by atoms with E-state index in [0.717, 1.165) is 0 Å². The molecule has 0 fully saturated rings. The lowest BCUT2D eigenvalue weighted by atomic mass is 10.3. The van der Waals surface area contributed by atoms with Crippen molar-refractivity contribution in [2.75, 3.05) is 0 Å². The summed E-state index contributed by atoms with van der Waals surface area (Å²) in [6, 6.07) is 6.89. The molecule has 1 N–H and O–H groups in total. The number of benzene rings is 1. The zero-order valence-electron chi connectivity index (χ0n) is 8.59. The van der Waals surface area contributed by atoms with Gasteiger partial charge in [-0.3, -0.25) is 9.89 Å². The summed E-state index contributed by atoms with van der Waals surface area (Å²) in [5.74, 6) is 0. The summed E-state index contributed by atoms with van der Waals surface area (Å²) in [6.07, 6.45) is 3.16. The molecule has 0 saturated carbocycles. The number of fused-ring (bicyclic) bond motifs is 1. The molecule has 1 aromatic carbocycles. The molecular formula is C11H7ClN4O. The number of nitrogens with zero attached hydrogens (tertiary/aromatic N) is 3. The van der Waals surface area contributed by atoms with Gasteiger partial charge >= 0.3 is 0 Å². The van der Waals surface area contributed by atoms with E-state index in [1.807, 2.05) is 0 Å². The molecule has 2 heterocycles. The van der Waals surface area contributed by atoms with Crippen LogP contribution in [0.5, 0.6) is 0 Å². The number of H-pyrrole nitrogens is 1. The first-order chi connectivity index (χ1) is 8.25. The van der Waals surface area contributed by atoms with Crippen molar-refractivity contribution < 1.29 is 0 Å². The lowest BCUT2D eigenvalue weighted by Crippen LogP contribution is -2.20. The highest BCUT2D eigenvalue weighted by molar-refractivity contribution is 6.30. The minimum Gasteiger partial charge on any atom is -0.272 e. The highest BCUT2D eigenvalue weighted by Gasteiger charge is 2.06. The first-order valence-corrected chi connectivity index (χ1v) is 5.31. The van der Waals surface area contributed by atoms with Crippen LogP contribution in [-0.2, 0) is 0 Å². The van der Waals surface area contributed by atoms with Crippen molar-refractivity contribution in [3.8, 4) is 5.69 Å². The van der Waals surface area contributed by atoms with Crippen LogP contribution in [0.2, 0.25) is 5.02 Å². The van der Waals surface area contributed by atoms with E-state index in [9.17, 15) is 4.79 Å². The number of nitrogens with one attached hydrogen (secondary N) is 1. The molecule has 0 aliphatic heterocycles. The summed E-state index contributed by atoms with van der Waals surface area (Å²) in [5, 5.41) is 11.9. The predicted octanol–water partition coefficient (Wildman–Crippen LogP) is 1.76. The molecule has 0 radical (unpaired) electrons. The highest BCUT2D eigenvalue weighted by Crippen LogP contribution is 2.12. The Kier molecular flexibility index (Phi) is 2.19. The summed E-state index contributed by atoms with van der Waals surface area (Å²) < 4.78 is 1.30. The molecule has 0 bridgehead atoms. The third-order valence-electron chi connectivity index (χ3n) is 2.46. The van der Waals surface area contributed by atoms with Crippen LogP contribution in [0.25, 0.3) is 16.6 Å². The van der Waals surface area contributed by atoms with Crippen molar-refractivity contribution in [3.05, 3.63) is 52.0 Å². The molecule has 0 atom stereocenters. The zero-order valence-corrected chi connectivity index (χ0v) is 9.35. The molecule has 0 spiro atoms. The average Bonchev–Trinajstić information content (AvgIpc) is 2.80. The van der Waals surface area contributed by atoms with Crippen LogP contribution in [-0.4, -0.2) is 20.0 Å². The second-order valence-electron chi connectivity index (χ2n) is 3.54. The van der Waals surface area contributed by atoms with Gasteiger partial charge in [-0.25, -0.2) is 0 Å². The molecule has 84 valence electrons. The third kappa shape index (κ3) is 1.60. The molecule has 0 unspecified atom stereocenters. The fourth-order valence-corrected chi connectivity index (χ4v) is 1.74. The van der Waals surface area contributed by atoms with Crippen LogP contribution >= 0.6 is 11.6 Å². The van der Waals surface area contributed by atoms with Gasteiger partial charge in [0.05, 0.1) is 18.1 Å². The Balaban J connectivity index is 2.27. The van der Waals surface area contributed by atoms with Crippen LogP contribution in [0.15, 0.2) is 41.5 Å². The Bertz CT molecular complexity index is 729. The van der Waals surface area contributed by atoms with E-state index in [4.69, 9.17) is 11.6 Å². The van der Waals surface area contributed by atoms with Crippen molar-refractivity contribution in [2.45, 2.75) is 0 Å². The Morgan fingerprint density at radius 3 is 2.71 bits per heavy atom. The van der Waals surface area contributed by atoms with Gasteiger partial charge in [0.15, 0.2) is 0 Å². The van der Waals surface area contributed by atoms with Gasteiger partial charge in [0, 0.05) is 10.4 Å². The molecule has 17 heavy (non-hydrogen) atoms. The van der Waals surface area contributed by atoms with Gasteiger partial charge in [0.1, 0.15) is 5.52 Å². The Morgan fingerprint density at radius 1 is 1.18 bits per heavy atom. The van der Waals surface area contributed by atoms with Crippen molar-refractivity contribution >= 4 is 22.5 Å². The summed E-state index contributed by atoms with van der Waals surface area (Å²) in [4.78, 5) is 12.1. The molecule has 0 amide bonds. The third-order valence-corrected chi connectivity index (χ3v) is 2.71. The molecule has 3 aromatic rings. The lowest BCUT2D eigenvalue weighted by Gasteiger charge is -2.03. The standard InChI is InChI=1S/C11H7ClN4O/c12-8-1-3-9(4-2-8)16-11(17)10-7(6-14-16)5-13-15-10/h1-6H,(H,13,15). The van der Waals surface area contributed by atoms with Gasteiger partial charge < -0.3 is 0 Å². The van der Waals surface area contributed by atoms with E-state index in [1.165, 1.54) is 4.68 Å². The first kappa shape index (κ1) is 10.0. The lowest BCUT2D eigenvalue weighted by molar-refractivity contribution is 0.818. The topological polar surface area (TPSA) is 63.6 Å². The number of rotatable bonds is 1. The van der Waals surface area contributed by atoms with Gasteiger partial charge in [-0.2, -0.15) is 14.9 Å². The second kappa shape index (κ2) is 3.71. The summed E-state index contributed by atoms with van der Waals surface area (Å²) in [6.45, 7) is 0. The molecule has 3 rings (SSSR count). The number of aromatic amines is 1. The minimum absolute atomic E-state index is 0.234. The number of aromatic nitrogens is 4. The van der Waals surface area contributed by atoms with E-state index in [-0.39, 0.29) is 5.56 Å². The smallest absolute Gasteiger partial charge is 0.272 e. The summed E-state index contributed by atoms with van der Waals surface area (Å²) >= 11 is 5.79. The maximum atomic E-state index is 12.1. The predicted molar refractivity (Wildman–Crippen MR) is 64.5 cm³/mol. The maximum Gasteiger partial charge on any atom is 0.297 e. The Labute approximate surface area is 101 Å². The number of halogens is 1. The van der Waals surface area contributed by atoms with Gasteiger partial charge in [-0.1, -0.05) is 11.6 Å². The van der Waals surface area contributed by atoms with E-state index in [0.29, 0.717) is 21.6 Å². The molecule has 0 saturated heterocycles. The minimum atomic E-state index is -0.234. The molecular weight excluding hydrogens is 240 g/mol. The molecule has 0 aliphatic rings. The van der Waals surface area contributed by atoms with E-state index < -0.39 is 0 Å². The second-order valence-corrected chi connectivity index (χ2v) is 3.97. The monoisotopic (exact) mass is 246 g/mol. The van der Waals surface area contributed by atoms with Crippen LogP contribution < -0.4 is 5.56 Å². The molecule has 2 aromatic heterocycles. The molecule has 0 aliphatic carbocycles. The van der Waals surface area contributed by atoms with Crippen molar-refractivity contribution in [3.63, 3.8) is 0 Å². The fourth-order valence-electron chi connectivity index (χ4n) is 1.61. The Hall–Kier alpha value is -2.14. The number of hydrogen-bond donors (Lipinski definition) is 1. The van der Waals surface area contributed by atoms with Crippen LogP contribution in [0, 0.1) is 0 Å². The quantitative estimate of drug-likeness (QED) is 0.712. The molecule has 5 nitrogen and oxygen atoms in total. The number of hydrogen-bond acceptors (Lipinski definition) is 3. The average molecular weight is 247 g/mol. The SMILES string of the molecule is O=c1c2[nH]ncc2cnn1-c1ccc(Cl)cc1. The fraction of sp³-hybridized carbons (Fsp3) is 0. The maximum absolute atomic E-state index is 12.1. The zero-order chi connectivity index (χ0) is 11.8. The van der Waals surface area contributed by atoms with E-state index >= 15 is 0 Å². The highest BCUT2D eigenvalue weighted by atomic mass is 35.5. The van der Waals surface area contributed by atoms with E-state index in [1.54, 1.807) is 36.7 Å². The van der Waals surface area contributed by atoms with Gasteiger partial charge in [-0.15, -0.1) is 0 Å². The van der Waals surface area contributed by atoms with Gasteiger partial charge in [-0.05, 0) is 24.3 Å². The van der Waals surface area contributed by atoms with Crippen molar-refractivity contribution in [1.29, 1.82) is 0 Å². The van der Waals surface area contributed by atoms with E-state index in [2.05, 4.69) is 15.3 Å². The van der Waals surface area contributed by atoms with Crippen molar-refractivity contribution in [2.24, 2.45) is 0 Å². The van der Waals surface area contributed by atoms with Crippen LogP contribution in [0.3, 0.4) is 0 Å². The van der Waals surface area contributed by atoms with Crippen LogP contribution in [0.1, 0.15) is 0 Å². The van der Waals surface area contributed by atoms with Gasteiger partial charge in [0.25, 0.3) is 5.56 Å². The van der Waals surface area contributed by atoms with Crippen molar-refractivity contribution in [1.82, 2.24) is 20.0 Å². The summed E-state index contributed by atoms with van der Waals surface area (Å²) in [5.41, 5.74) is 0.869. The molecule has 6 heteroatoms. The first-order valence-electron chi connectivity index (χ1n) is 4.93. The normalized spacial score (nSPS) is 10.9. The van der Waals surface area contributed by atoms with Gasteiger partial charge in [0.2, 0.25) is 0 Å².